The molecule has 0 radical (unpaired) electrons. The Hall–Kier alpha value is -0.650. The Morgan fingerprint density at radius 3 is 1.71 bits per heavy atom. The first-order valence-corrected chi connectivity index (χ1v) is 11.6. The van der Waals surface area contributed by atoms with Crippen molar-refractivity contribution in [2.24, 2.45) is 5.92 Å². The molecule has 0 N–H and O–H groups in total. The molecule has 0 saturated heterocycles. The molecule has 5 nitrogen and oxygen atoms in total. The molecule has 0 aliphatic rings. The molecule has 0 saturated carbocycles. The van der Waals surface area contributed by atoms with E-state index in [0.717, 1.165) is 19.4 Å². The van der Waals surface area contributed by atoms with Crippen molar-refractivity contribution in [1.82, 2.24) is 0 Å². The van der Waals surface area contributed by atoms with Crippen LogP contribution in [0.2, 0.25) is 0 Å². The van der Waals surface area contributed by atoms with E-state index in [1.165, 1.54) is 44.9 Å². The average Bonchev–Trinajstić information content (AvgIpc) is 2.66. The molecule has 0 aliphatic heterocycles. The fraction of sp³-hybridized carbons (Fsp3) is 0.957. The molecule has 0 heterocycles. The standard InChI is InChI=1S/C23H46O5/c1-4-5-6-7-8-9-10-11-15-25-18-20-27-21-19-26-16-12-13-23(24)28-17-14-22(2)3/h22H,4-21H2,1-3H3. The molecule has 0 aromatic rings. The van der Waals surface area contributed by atoms with Crippen LogP contribution in [0.1, 0.15) is 91.4 Å². The van der Waals surface area contributed by atoms with Gasteiger partial charge in [-0.3, -0.25) is 4.79 Å². The molecule has 0 atom stereocenters. The molecule has 0 bridgehead atoms. The van der Waals surface area contributed by atoms with Crippen molar-refractivity contribution in [2.45, 2.75) is 91.4 Å². The maximum Gasteiger partial charge on any atom is 0.305 e. The lowest BCUT2D eigenvalue weighted by Crippen LogP contribution is -2.11. The third-order valence-electron chi connectivity index (χ3n) is 4.51. The number of hydrogen-bond acceptors (Lipinski definition) is 5. The summed E-state index contributed by atoms with van der Waals surface area (Å²) in [5.41, 5.74) is 0. The van der Waals surface area contributed by atoms with Crippen LogP contribution in [0.25, 0.3) is 0 Å². The average molecular weight is 403 g/mol. The fourth-order valence-electron chi connectivity index (χ4n) is 2.68. The van der Waals surface area contributed by atoms with Crippen LogP contribution in [0, 0.1) is 5.92 Å². The summed E-state index contributed by atoms with van der Waals surface area (Å²) >= 11 is 0. The van der Waals surface area contributed by atoms with Gasteiger partial charge in [-0.25, -0.2) is 0 Å². The van der Waals surface area contributed by atoms with Crippen molar-refractivity contribution < 1.29 is 23.7 Å². The van der Waals surface area contributed by atoms with Crippen LogP contribution in [-0.4, -0.2) is 52.2 Å². The van der Waals surface area contributed by atoms with Gasteiger partial charge in [0.15, 0.2) is 0 Å². The van der Waals surface area contributed by atoms with Gasteiger partial charge in [-0.15, -0.1) is 0 Å². The van der Waals surface area contributed by atoms with Crippen molar-refractivity contribution in [2.75, 3.05) is 46.2 Å². The molecule has 0 fully saturated rings. The molecule has 0 spiro atoms. The third-order valence-corrected chi connectivity index (χ3v) is 4.51. The van der Waals surface area contributed by atoms with Gasteiger partial charge in [-0.1, -0.05) is 65.7 Å². The van der Waals surface area contributed by atoms with E-state index in [9.17, 15) is 4.79 Å². The highest BCUT2D eigenvalue weighted by atomic mass is 16.5. The van der Waals surface area contributed by atoms with Crippen molar-refractivity contribution >= 4 is 5.97 Å². The molecule has 0 unspecified atom stereocenters. The van der Waals surface area contributed by atoms with E-state index < -0.39 is 0 Å². The van der Waals surface area contributed by atoms with Gasteiger partial charge in [-0.2, -0.15) is 0 Å². The number of rotatable bonds is 22. The van der Waals surface area contributed by atoms with Gasteiger partial charge in [0.2, 0.25) is 0 Å². The van der Waals surface area contributed by atoms with Crippen LogP contribution in [0.15, 0.2) is 0 Å². The molecule has 0 aromatic heterocycles. The molecule has 0 aliphatic carbocycles. The Morgan fingerprint density at radius 1 is 0.643 bits per heavy atom. The highest BCUT2D eigenvalue weighted by molar-refractivity contribution is 5.69. The predicted molar refractivity (Wildman–Crippen MR) is 115 cm³/mol. The number of ether oxygens (including phenoxy) is 4. The highest BCUT2D eigenvalue weighted by Crippen LogP contribution is 2.08. The summed E-state index contributed by atoms with van der Waals surface area (Å²) in [5, 5.41) is 0. The lowest BCUT2D eigenvalue weighted by Gasteiger charge is -2.08. The van der Waals surface area contributed by atoms with Crippen LogP contribution in [0.4, 0.5) is 0 Å². The second-order valence-corrected chi connectivity index (χ2v) is 7.82. The number of unbranched alkanes of at least 4 members (excludes halogenated alkanes) is 7. The Kier molecular flexibility index (Phi) is 22.1. The lowest BCUT2D eigenvalue weighted by atomic mass is 10.1. The first-order chi connectivity index (χ1) is 13.7. The Bertz CT molecular complexity index is 320. The van der Waals surface area contributed by atoms with E-state index in [0.29, 0.717) is 58.4 Å². The van der Waals surface area contributed by atoms with Crippen LogP contribution in [0.3, 0.4) is 0 Å². The largest absolute Gasteiger partial charge is 0.466 e. The van der Waals surface area contributed by atoms with Gasteiger partial charge in [0.05, 0.1) is 33.0 Å². The Morgan fingerprint density at radius 2 is 1.14 bits per heavy atom. The summed E-state index contributed by atoms with van der Waals surface area (Å²) in [5.74, 6) is 0.431. The highest BCUT2D eigenvalue weighted by Gasteiger charge is 2.03. The fourth-order valence-corrected chi connectivity index (χ4v) is 2.68. The minimum absolute atomic E-state index is 0.130. The molecular weight excluding hydrogens is 356 g/mol. The van der Waals surface area contributed by atoms with Crippen LogP contribution in [-0.2, 0) is 23.7 Å². The van der Waals surface area contributed by atoms with Gasteiger partial charge < -0.3 is 18.9 Å². The van der Waals surface area contributed by atoms with Gasteiger partial charge >= 0.3 is 5.97 Å². The van der Waals surface area contributed by atoms with Gasteiger partial charge in [-0.05, 0) is 25.2 Å². The first-order valence-electron chi connectivity index (χ1n) is 11.6. The molecule has 0 aromatic carbocycles. The van der Waals surface area contributed by atoms with Gasteiger partial charge in [0.1, 0.15) is 0 Å². The smallest absolute Gasteiger partial charge is 0.305 e. The summed E-state index contributed by atoms with van der Waals surface area (Å²) in [6.07, 6.45) is 12.6. The van der Waals surface area contributed by atoms with E-state index >= 15 is 0 Å². The quantitative estimate of drug-likeness (QED) is 0.176. The topological polar surface area (TPSA) is 54.0 Å². The van der Waals surface area contributed by atoms with E-state index in [2.05, 4.69) is 20.8 Å². The molecule has 28 heavy (non-hydrogen) atoms. The number of carbonyl (C=O) groups is 1. The summed E-state index contributed by atoms with van der Waals surface area (Å²) < 4.78 is 21.7. The monoisotopic (exact) mass is 402 g/mol. The van der Waals surface area contributed by atoms with Crippen LogP contribution in [0.5, 0.6) is 0 Å². The summed E-state index contributed by atoms with van der Waals surface area (Å²) in [4.78, 5) is 11.5. The van der Waals surface area contributed by atoms with Crippen LogP contribution >= 0.6 is 0 Å². The zero-order valence-electron chi connectivity index (χ0n) is 18.8. The third kappa shape index (κ3) is 23.4. The van der Waals surface area contributed by atoms with E-state index in [4.69, 9.17) is 18.9 Å². The molecular formula is C23H46O5. The van der Waals surface area contributed by atoms with Crippen molar-refractivity contribution in [3.8, 4) is 0 Å². The van der Waals surface area contributed by atoms with E-state index in [1.54, 1.807) is 0 Å². The zero-order chi connectivity index (χ0) is 20.7. The number of hydrogen-bond donors (Lipinski definition) is 0. The summed E-state index contributed by atoms with van der Waals surface area (Å²) in [6.45, 7) is 10.8. The van der Waals surface area contributed by atoms with Crippen molar-refractivity contribution in [3.63, 3.8) is 0 Å². The Labute approximate surface area is 173 Å². The van der Waals surface area contributed by atoms with Crippen LogP contribution < -0.4 is 0 Å². The second kappa shape index (κ2) is 22.6. The van der Waals surface area contributed by atoms with E-state index in [-0.39, 0.29) is 5.97 Å². The Balaban J connectivity index is 3.09. The van der Waals surface area contributed by atoms with Gasteiger partial charge in [0.25, 0.3) is 0 Å². The SMILES string of the molecule is CCCCCCCCCCOCCOCCOCCCC(=O)OCCC(C)C. The lowest BCUT2D eigenvalue weighted by molar-refractivity contribution is -0.144. The minimum Gasteiger partial charge on any atom is -0.466 e. The second-order valence-electron chi connectivity index (χ2n) is 7.82. The molecule has 0 rings (SSSR count). The zero-order valence-corrected chi connectivity index (χ0v) is 18.8. The molecule has 168 valence electrons. The predicted octanol–water partition coefficient (Wildman–Crippen LogP) is 5.55. The minimum atomic E-state index is -0.130. The molecule has 0 amide bonds. The number of esters is 1. The molecule has 5 heteroatoms. The van der Waals surface area contributed by atoms with E-state index in [1.807, 2.05) is 0 Å². The maximum atomic E-state index is 11.5. The van der Waals surface area contributed by atoms with Crippen molar-refractivity contribution in [3.05, 3.63) is 0 Å². The summed E-state index contributed by atoms with van der Waals surface area (Å²) in [7, 11) is 0. The number of carbonyl (C=O) groups excluding carboxylic acids is 1. The van der Waals surface area contributed by atoms with Gasteiger partial charge in [0, 0.05) is 19.6 Å². The van der Waals surface area contributed by atoms with Crippen molar-refractivity contribution in [1.29, 1.82) is 0 Å². The summed E-state index contributed by atoms with van der Waals surface area (Å²) in [6, 6.07) is 0. The maximum absolute atomic E-state index is 11.5. The normalized spacial score (nSPS) is 11.3. The first kappa shape index (κ1) is 27.4.